The molecule has 2 aromatic carbocycles. The normalized spacial score (nSPS) is 20.0. The van der Waals surface area contributed by atoms with E-state index in [0.29, 0.717) is 6.54 Å². The van der Waals surface area contributed by atoms with E-state index >= 15 is 0 Å². The van der Waals surface area contributed by atoms with E-state index in [1.54, 1.807) is 4.90 Å². The third-order valence-electron chi connectivity index (χ3n) is 4.97. The highest BCUT2D eigenvalue weighted by Gasteiger charge is 2.36. The minimum atomic E-state index is 0.0158. The summed E-state index contributed by atoms with van der Waals surface area (Å²) >= 11 is 4.90. The second-order valence-electron chi connectivity index (χ2n) is 6.88. The average molecular weight is 468 g/mol. The first-order valence-electron chi connectivity index (χ1n) is 9.66. The molecule has 1 amide bonds. The van der Waals surface area contributed by atoms with Gasteiger partial charge in [0, 0.05) is 23.2 Å². The molecule has 2 aromatic rings. The van der Waals surface area contributed by atoms with E-state index in [1.165, 1.54) is 22.9 Å². The quantitative estimate of drug-likeness (QED) is 0.511. The fourth-order valence-corrected chi connectivity index (χ4v) is 4.93. The van der Waals surface area contributed by atoms with Gasteiger partial charge in [-0.15, -0.1) is 0 Å². The number of carbonyl (C=O) groups excluding carboxylic acids is 1. The van der Waals surface area contributed by atoms with Gasteiger partial charge in [-0.25, -0.2) is 4.99 Å². The molecule has 0 bridgehead atoms. The summed E-state index contributed by atoms with van der Waals surface area (Å²) in [5.74, 6) is 0.0158. The molecule has 4 rings (SSSR count). The van der Waals surface area contributed by atoms with Gasteiger partial charge in [-0.3, -0.25) is 9.69 Å². The van der Waals surface area contributed by atoms with Gasteiger partial charge in [0.1, 0.15) is 4.91 Å². The molecule has 2 aliphatic heterocycles. The number of aryl methyl sites for hydroxylation is 1. The second-order valence-corrected chi connectivity index (χ2v) is 8.77. The Morgan fingerprint density at radius 3 is 2.41 bits per heavy atom. The van der Waals surface area contributed by atoms with Crippen LogP contribution in [-0.2, 0) is 4.79 Å². The van der Waals surface area contributed by atoms with E-state index in [9.17, 15) is 4.79 Å². The largest absolute Gasteiger partial charge is 0.340 e. The summed E-state index contributed by atoms with van der Waals surface area (Å²) in [6.45, 7) is 7.57. The zero-order valence-electron chi connectivity index (χ0n) is 16.6. The summed E-state index contributed by atoms with van der Waals surface area (Å²) in [4.78, 5) is 22.7. The number of aliphatic imine (C=N–C) groups is 1. The summed E-state index contributed by atoms with van der Waals surface area (Å²) in [5, 5.41) is 0.724. The number of thioether (sulfide) groups is 1. The first-order valence-corrected chi connectivity index (χ1v) is 11.3. The molecule has 0 saturated carbocycles. The van der Waals surface area contributed by atoms with E-state index in [4.69, 9.17) is 4.99 Å². The fraction of sp³-hybridized carbons (Fsp3) is 0.217. The summed E-state index contributed by atoms with van der Waals surface area (Å²) in [5.41, 5.74) is 5.33. The van der Waals surface area contributed by atoms with Gasteiger partial charge in [0.15, 0.2) is 5.17 Å². The third kappa shape index (κ3) is 3.79. The number of allylic oxidation sites excluding steroid dienone is 1. The smallest absolute Gasteiger partial charge is 0.268 e. The van der Waals surface area contributed by atoms with E-state index in [1.807, 2.05) is 31.2 Å². The van der Waals surface area contributed by atoms with E-state index in [0.717, 1.165) is 38.2 Å². The summed E-state index contributed by atoms with van der Waals surface area (Å²) in [7, 11) is 0. The standard InChI is InChI=1S/C23H22BrN3OS/c1-4-26-19-12-6-15(3)14-16(19)7-13-20(26)21-22(28)27(5-2)23(29-21)25-18-10-8-17(24)9-11-18/h6-14H,4-5H2,1-3H3/b21-20+,25-23?. The molecule has 2 aliphatic rings. The van der Waals surface area contributed by atoms with E-state index in [2.05, 4.69) is 65.0 Å². The van der Waals surface area contributed by atoms with Crippen LogP contribution in [0.15, 0.2) is 68.6 Å². The van der Waals surface area contributed by atoms with Gasteiger partial charge in [-0.2, -0.15) is 0 Å². The fourth-order valence-electron chi connectivity index (χ4n) is 3.53. The number of benzene rings is 2. The molecule has 0 radical (unpaired) electrons. The zero-order chi connectivity index (χ0) is 20.5. The number of likely N-dealkylation sites (N-methyl/N-ethyl adjacent to an activating group) is 2. The van der Waals surface area contributed by atoms with Crippen LogP contribution in [0.3, 0.4) is 0 Å². The molecule has 0 unspecified atom stereocenters. The number of anilines is 1. The number of nitrogens with zero attached hydrogens (tertiary/aromatic N) is 3. The van der Waals surface area contributed by atoms with Gasteiger partial charge in [-0.05, 0) is 80.6 Å². The first kappa shape index (κ1) is 20.0. The lowest BCUT2D eigenvalue weighted by molar-refractivity contribution is -0.122. The van der Waals surface area contributed by atoms with Crippen molar-refractivity contribution in [2.75, 3.05) is 18.0 Å². The molecule has 2 heterocycles. The van der Waals surface area contributed by atoms with E-state index in [-0.39, 0.29) is 5.91 Å². The van der Waals surface area contributed by atoms with Crippen LogP contribution in [0.25, 0.3) is 6.08 Å². The Bertz CT molecular complexity index is 1060. The average Bonchev–Trinajstić information content (AvgIpc) is 3.03. The maximum absolute atomic E-state index is 13.2. The van der Waals surface area contributed by atoms with E-state index < -0.39 is 0 Å². The Morgan fingerprint density at radius 2 is 1.72 bits per heavy atom. The van der Waals surface area contributed by atoms with Gasteiger partial charge in [-0.1, -0.05) is 33.6 Å². The maximum atomic E-state index is 13.2. The van der Waals surface area contributed by atoms with Crippen LogP contribution in [0, 0.1) is 6.92 Å². The van der Waals surface area contributed by atoms with Gasteiger partial charge >= 0.3 is 0 Å². The second kappa shape index (κ2) is 8.20. The molecular formula is C23H22BrN3OS. The Kier molecular flexibility index (Phi) is 5.65. The lowest BCUT2D eigenvalue weighted by atomic mass is 10.0. The summed E-state index contributed by atoms with van der Waals surface area (Å²) in [6.07, 6.45) is 4.16. The van der Waals surface area contributed by atoms with Crippen molar-refractivity contribution in [3.8, 4) is 0 Å². The van der Waals surface area contributed by atoms with Crippen LogP contribution in [-0.4, -0.2) is 29.1 Å². The summed E-state index contributed by atoms with van der Waals surface area (Å²) in [6, 6.07) is 14.2. The highest BCUT2D eigenvalue weighted by atomic mass is 79.9. The predicted molar refractivity (Wildman–Crippen MR) is 126 cm³/mol. The highest BCUT2D eigenvalue weighted by molar-refractivity contribution is 9.10. The number of fused-ring (bicyclic) bond motifs is 1. The molecule has 1 saturated heterocycles. The molecule has 6 heteroatoms. The predicted octanol–water partition coefficient (Wildman–Crippen LogP) is 6.11. The van der Waals surface area contributed by atoms with Crippen molar-refractivity contribution in [3.63, 3.8) is 0 Å². The first-order chi connectivity index (χ1) is 14.0. The molecule has 0 spiro atoms. The Balaban J connectivity index is 1.76. The molecule has 0 atom stereocenters. The van der Waals surface area contributed by atoms with Crippen molar-refractivity contribution in [1.29, 1.82) is 0 Å². The number of amidine groups is 1. The monoisotopic (exact) mass is 467 g/mol. The third-order valence-corrected chi connectivity index (χ3v) is 6.58. The SMILES string of the molecule is CCN1C(=O)/C(=C2/C=Cc3cc(C)ccc3N2CC)SC1=Nc1ccc(Br)cc1. The number of hydrogen-bond acceptors (Lipinski definition) is 4. The Morgan fingerprint density at radius 1 is 1.00 bits per heavy atom. The topological polar surface area (TPSA) is 35.9 Å². The molecule has 148 valence electrons. The van der Waals surface area contributed by atoms with Gasteiger partial charge in [0.05, 0.1) is 11.4 Å². The highest BCUT2D eigenvalue weighted by Crippen LogP contribution is 2.40. The molecule has 1 fully saturated rings. The van der Waals surface area contributed by atoms with Crippen molar-refractivity contribution >= 4 is 56.2 Å². The van der Waals surface area contributed by atoms with Crippen LogP contribution in [0.4, 0.5) is 11.4 Å². The number of amides is 1. The van der Waals surface area contributed by atoms with Crippen molar-refractivity contribution in [3.05, 3.63) is 74.7 Å². The Labute approximate surface area is 184 Å². The van der Waals surface area contributed by atoms with Crippen LogP contribution in [0.1, 0.15) is 25.0 Å². The van der Waals surface area contributed by atoms with Crippen LogP contribution in [0.2, 0.25) is 0 Å². The summed E-state index contributed by atoms with van der Waals surface area (Å²) < 4.78 is 1.01. The van der Waals surface area contributed by atoms with Crippen LogP contribution >= 0.6 is 27.7 Å². The van der Waals surface area contributed by atoms with Gasteiger partial charge in [0.25, 0.3) is 5.91 Å². The minimum Gasteiger partial charge on any atom is -0.340 e. The van der Waals surface area contributed by atoms with Crippen molar-refractivity contribution < 1.29 is 4.79 Å². The van der Waals surface area contributed by atoms with Crippen molar-refractivity contribution in [1.82, 2.24) is 4.90 Å². The molecule has 4 nitrogen and oxygen atoms in total. The number of halogens is 1. The maximum Gasteiger partial charge on any atom is 0.268 e. The number of rotatable bonds is 3. The van der Waals surface area contributed by atoms with Gasteiger partial charge in [0.2, 0.25) is 0 Å². The molecular weight excluding hydrogens is 446 g/mol. The lowest BCUT2D eigenvalue weighted by Crippen LogP contribution is -2.30. The van der Waals surface area contributed by atoms with Crippen LogP contribution in [0.5, 0.6) is 0 Å². The number of carbonyl (C=O) groups is 1. The zero-order valence-corrected chi connectivity index (χ0v) is 19.0. The lowest BCUT2D eigenvalue weighted by Gasteiger charge is -2.30. The van der Waals surface area contributed by atoms with Gasteiger partial charge < -0.3 is 4.90 Å². The molecule has 0 aromatic heterocycles. The molecule has 29 heavy (non-hydrogen) atoms. The molecule has 0 N–H and O–H groups in total. The van der Waals surface area contributed by atoms with Crippen molar-refractivity contribution in [2.24, 2.45) is 4.99 Å². The molecule has 0 aliphatic carbocycles. The minimum absolute atomic E-state index is 0.0158. The Hall–Kier alpha value is -2.31. The van der Waals surface area contributed by atoms with Crippen LogP contribution < -0.4 is 4.90 Å². The number of hydrogen-bond donors (Lipinski definition) is 0. The van der Waals surface area contributed by atoms with Crippen molar-refractivity contribution in [2.45, 2.75) is 20.8 Å².